The number of carbonyl (C=O) groups is 1. The molecular formula is C29H26N2O7S. The van der Waals surface area contributed by atoms with Gasteiger partial charge >= 0.3 is 6.09 Å². The molecule has 4 aromatic carbocycles. The third kappa shape index (κ3) is 5.92. The van der Waals surface area contributed by atoms with E-state index in [1.165, 1.54) is 18.2 Å². The van der Waals surface area contributed by atoms with Gasteiger partial charge in [-0.05, 0) is 34.0 Å². The van der Waals surface area contributed by atoms with E-state index in [1.807, 2.05) is 60.7 Å². The van der Waals surface area contributed by atoms with E-state index in [0.717, 1.165) is 16.3 Å². The zero-order chi connectivity index (χ0) is 27.4. The first kappa shape index (κ1) is 26.3. The Morgan fingerprint density at radius 3 is 2.54 bits per heavy atom. The standard InChI is InChI=1S/C29H26N2O7S/c32-29(37-19-20-7-2-1-3-8-20)30-16-15-23(18-30)38-22-13-14-27(31(33)34)26(17-22)28(39(35)36)25-12-6-10-21-9-4-5-11-24(21)25/h1-14,17,23,28H,15-16,18-19H2,(H,35,36). The van der Waals surface area contributed by atoms with Crippen molar-refractivity contribution in [1.82, 2.24) is 4.90 Å². The second kappa shape index (κ2) is 11.6. The first-order valence-corrected chi connectivity index (χ1v) is 13.6. The van der Waals surface area contributed by atoms with Gasteiger partial charge in [-0.2, -0.15) is 0 Å². The van der Waals surface area contributed by atoms with Crippen LogP contribution in [0.4, 0.5) is 10.5 Å². The lowest BCUT2D eigenvalue weighted by atomic mass is 9.97. The number of carbonyl (C=O) groups excluding carboxylic acids is 1. The zero-order valence-corrected chi connectivity index (χ0v) is 21.7. The topological polar surface area (TPSA) is 119 Å². The van der Waals surface area contributed by atoms with E-state index in [1.54, 1.807) is 17.0 Å². The highest BCUT2D eigenvalue weighted by Gasteiger charge is 2.32. The molecule has 0 aliphatic carbocycles. The molecule has 1 N–H and O–H groups in total. The van der Waals surface area contributed by atoms with Crippen LogP contribution in [0.5, 0.6) is 5.75 Å². The Kier molecular flexibility index (Phi) is 7.85. The fourth-order valence-corrected chi connectivity index (χ4v) is 5.67. The lowest BCUT2D eigenvalue weighted by molar-refractivity contribution is -0.385. The molecule has 3 unspecified atom stereocenters. The highest BCUT2D eigenvalue weighted by atomic mass is 32.2. The molecule has 0 bridgehead atoms. The number of ether oxygens (including phenoxy) is 2. The smallest absolute Gasteiger partial charge is 0.410 e. The Bertz CT molecular complexity index is 1520. The van der Waals surface area contributed by atoms with Crippen LogP contribution < -0.4 is 4.74 Å². The van der Waals surface area contributed by atoms with Gasteiger partial charge in [0.2, 0.25) is 0 Å². The molecule has 1 aliphatic heterocycles. The van der Waals surface area contributed by atoms with E-state index in [0.29, 0.717) is 30.8 Å². The normalized spacial score (nSPS) is 16.5. The number of amides is 1. The fraction of sp³-hybridized carbons (Fsp3) is 0.207. The molecule has 39 heavy (non-hydrogen) atoms. The van der Waals surface area contributed by atoms with E-state index >= 15 is 0 Å². The maximum absolute atomic E-state index is 12.6. The van der Waals surface area contributed by atoms with Gasteiger partial charge < -0.3 is 18.9 Å². The van der Waals surface area contributed by atoms with E-state index in [2.05, 4.69) is 0 Å². The summed E-state index contributed by atoms with van der Waals surface area (Å²) < 4.78 is 34.5. The van der Waals surface area contributed by atoms with Crippen molar-refractivity contribution in [2.45, 2.75) is 24.4 Å². The number of hydrogen-bond acceptors (Lipinski definition) is 6. The molecule has 0 radical (unpaired) electrons. The van der Waals surface area contributed by atoms with Crippen LogP contribution in [-0.2, 0) is 22.4 Å². The molecule has 5 rings (SSSR count). The van der Waals surface area contributed by atoms with Gasteiger partial charge in [-0.15, -0.1) is 0 Å². The van der Waals surface area contributed by atoms with Crippen molar-refractivity contribution >= 4 is 33.6 Å². The highest BCUT2D eigenvalue weighted by Crippen LogP contribution is 2.39. The Morgan fingerprint density at radius 1 is 1.03 bits per heavy atom. The minimum Gasteiger partial charge on any atom is -0.488 e. The molecule has 1 amide bonds. The number of rotatable bonds is 8. The average Bonchev–Trinajstić information content (AvgIpc) is 3.41. The molecular weight excluding hydrogens is 520 g/mol. The molecule has 9 nitrogen and oxygen atoms in total. The minimum absolute atomic E-state index is 0.0758. The van der Waals surface area contributed by atoms with Crippen LogP contribution in [0.1, 0.15) is 28.4 Å². The van der Waals surface area contributed by atoms with E-state index < -0.39 is 27.3 Å². The van der Waals surface area contributed by atoms with Gasteiger partial charge in [0.25, 0.3) is 5.69 Å². The van der Waals surface area contributed by atoms with Crippen molar-refractivity contribution < 1.29 is 28.0 Å². The van der Waals surface area contributed by atoms with E-state index in [-0.39, 0.29) is 24.0 Å². The molecule has 10 heteroatoms. The van der Waals surface area contributed by atoms with Crippen molar-refractivity contribution in [2.75, 3.05) is 13.1 Å². The predicted molar refractivity (Wildman–Crippen MR) is 147 cm³/mol. The molecule has 0 aromatic heterocycles. The van der Waals surface area contributed by atoms with Crippen LogP contribution in [-0.4, -0.2) is 43.9 Å². The summed E-state index contributed by atoms with van der Waals surface area (Å²) in [5, 5.41) is 12.3. The van der Waals surface area contributed by atoms with Gasteiger partial charge in [0.1, 0.15) is 23.7 Å². The molecule has 4 aromatic rings. The summed E-state index contributed by atoms with van der Waals surface area (Å²) in [7, 11) is 0. The van der Waals surface area contributed by atoms with E-state index in [9.17, 15) is 23.7 Å². The summed E-state index contributed by atoms with van der Waals surface area (Å²) in [6.07, 6.45) is -0.258. The SMILES string of the molecule is O=C(OCc1ccccc1)N1CCC(Oc2ccc([N+](=O)[O-])c(C(c3cccc4ccccc34)S(=O)O)c2)C1. The Balaban J connectivity index is 1.36. The van der Waals surface area contributed by atoms with Gasteiger partial charge in [0.05, 0.1) is 17.0 Å². The van der Waals surface area contributed by atoms with Crippen molar-refractivity contribution in [3.63, 3.8) is 0 Å². The summed E-state index contributed by atoms with van der Waals surface area (Å²) in [5.41, 5.74) is 1.19. The minimum atomic E-state index is -2.46. The molecule has 1 heterocycles. The highest BCUT2D eigenvalue weighted by molar-refractivity contribution is 7.79. The molecule has 1 aliphatic rings. The van der Waals surface area contributed by atoms with Crippen molar-refractivity contribution in [2.24, 2.45) is 0 Å². The average molecular weight is 547 g/mol. The third-order valence-corrected chi connectivity index (χ3v) is 7.61. The van der Waals surface area contributed by atoms with Gasteiger partial charge in [-0.1, -0.05) is 72.8 Å². The first-order valence-electron chi connectivity index (χ1n) is 12.4. The predicted octanol–water partition coefficient (Wildman–Crippen LogP) is 5.85. The zero-order valence-electron chi connectivity index (χ0n) is 20.8. The van der Waals surface area contributed by atoms with Crippen LogP contribution in [0.3, 0.4) is 0 Å². The monoisotopic (exact) mass is 546 g/mol. The van der Waals surface area contributed by atoms with Crippen LogP contribution in [0.15, 0.2) is 91.0 Å². The molecule has 0 saturated carbocycles. The van der Waals surface area contributed by atoms with Crippen LogP contribution >= 0.6 is 0 Å². The Morgan fingerprint density at radius 2 is 1.77 bits per heavy atom. The lowest BCUT2D eigenvalue weighted by Gasteiger charge is -2.19. The number of hydrogen-bond donors (Lipinski definition) is 1. The molecule has 200 valence electrons. The molecule has 1 fully saturated rings. The van der Waals surface area contributed by atoms with Crippen molar-refractivity contribution in [3.8, 4) is 5.75 Å². The maximum Gasteiger partial charge on any atom is 0.410 e. The summed E-state index contributed by atoms with van der Waals surface area (Å²) in [6, 6.07) is 26.3. The van der Waals surface area contributed by atoms with Gasteiger partial charge in [-0.3, -0.25) is 10.1 Å². The largest absolute Gasteiger partial charge is 0.488 e. The fourth-order valence-electron chi connectivity index (χ4n) is 4.84. The van der Waals surface area contributed by atoms with Crippen LogP contribution in [0.2, 0.25) is 0 Å². The number of benzene rings is 4. The molecule has 3 atom stereocenters. The Hall–Kier alpha value is -4.28. The number of likely N-dealkylation sites (tertiary alicyclic amines) is 1. The maximum atomic E-state index is 12.6. The summed E-state index contributed by atoms with van der Waals surface area (Å²) in [6.45, 7) is 0.900. The van der Waals surface area contributed by atoms with E-state index in [4.69, 9.17) is 9.47 Å². The second-order valence-electron chi connectivity index (χ2n) is 9.22. The third-order valence-electron chi connectivity index (χ3n) is 6.70. The molecule has 1 saturated heterocycles. The number of nitro groups is 1. The Labute approximate surface area is 227 Å². The number of fused-ring (bicyclic) bond motifs is 1. The number of nitro benzene ring substituents is 1. The van der Waals surface area contributed by atoms with Crippen LogP contribution in [0, 0.1) is 10.1 Å². The first-order chi connectivity index (χ1) is 18.9. The van der Waals surface area contributed by atoms with Gasteiger partial charge in [0.15, 0.2) is 11.1 Å². The molecule has 0 spiro atoms. The summed E-state index contributed by atoms with van der Waals surface area (Å²) in [5.74, 6) is 0.316. The lowest BCUT2D eigenvalue weighted by Crippen LogP contribution is -2.31. The van der Waals surface area contributed by atoms with Crippen molar-refractivity contribution in [3.05, 3.63) is 118 Å². The second-order valence-corrected chi connectivity index (χ2v) is 10.2. The van der Waals surface area contributed by atoms with Crippen LogP contribution in [0.25, 0.3) is 10.8 Å². The quantitative estimate of drug-likeness (QED) is 0.167. The van der Waals surface area contributed by atoms with Gasteiger partial charge in [-0.25, -0.2) is 9.00 Å². The summed E-state index contributed by atoms with van der Waals surface area (Å²) >= 11 is -2.46. The number of nitrogens with zero attached hydrogens (tertiary/aromatic N) is 2. The summed E-state index contributed by atoms with van der Waals surface area (Å²) in [4.78, 5) is 25.4. The van der Waals surface area contributed by atoms with Gasteiger partial charge in [0, 0.05) is 19.0 Å². The van der Waals surface area contributed by atoms with Crippen molar-refractivity contribution in [1.29, 1.82) is 0 Å².